The highest BCUT2D eigenvalue weighted by atomic mass is 127. The van der Waals surface area contributed by atoms with Crippen LogP contribution in [0.3, 0.4) is 0 Å². The van der Waals surface area contributed by atoms with Crippen molar-refractivity contribution >= 4 is 155 Å². The Morgan fingerprint density at radius 2 is 0.871 bits per heavy atom. The maximum Gasteiger partial charge on any atom is 0.457 e. The van der Waals surface area contributed by atoms with Gasteiger partial charge in [0.05, 0.1) is 56.9 Å². The van der Waals surface area contributed by atoms with E-state index < -0.39 is 24.2 Å². The van der Waals surface area contributed by atoms with Crippen LogP contribution in [-0.4, -0.2) is 116 Å². The summed E-state index contributed by atoms with van der Waals surface area (Å²) >= 11 is 9.28. The third-order valence-corrected chi connectivity index (χ3v) is 26.0. The number of ether oxygens (including phenoxy) is 3. The number of benzene rings is 4. The third-order valence-electron chi connectivity index (χ3n) is 19.1. The summed E-state index contributed by atoms with van der Waals surface area (Å²) in [5, 5.41) is 17.4. The number of halogens is 4. The molecule has 0 atom stereocenters. The predicted molar refractivity (Wildman–Crippen MR) is 466 cm³/mol. The summed E-state index contributed by atoms with van der Waals surface area (Å²) in [6.07, 6.45) is 14.9. The molecular weight excluding hydrogens is 1670 g/mol. The van der Waals surface area contributed by atoms with Crippen molar-refractivity contribution in [2.24, 2.45) is 4.99 Å². The van der Waals surface area contributed by atoms with Gasteiger partial charge in [-0.1, -0.05) is 187 Å². The molecule has 564 valence electrons. The minimum absolute atomic E-state index is 0. The first-order valence-electron chi connectivity index (χ1n) is 37.2. The number of aryl methyl sites for hydroxylation is 4. The molecule has 3 aromatic heterocycles. The zero-order valence-electron chi connectivity index (χ0n) is 66.7. The molecule has 0 radical (unpaired) electrons. The van der Waals surface area contributed by atoms with Crippen molar-refractivity contribution in [3.63, 3.8) is 0 Å². The smallest absolute Gasteiger partial charge is 0.403 e. The fourth-order valence-electron chi connectivity index (χ4n) is 11.4. The summed E-state index contributed by atoms with van der Waals surface area (Å²) in [6.45, 7) is 57.8. The van der Waals surface area contributed by atoms with E-state index in [-0.39, 0.29) is 60.6 Å². The predicted octanol–water partition coefficient (Wildman–Crippen LogP) is 23.9. The molecule has 0 spiro atoms. The number of fused-ring (bicyclic) bond motifs is 4. The van der Waals surface area contributed by atoms with Gasteiger partial charge in [0.1, 0.15) is 23.9 Å². The van der Waals surface area contributed by atoms with E-state index in [1.165, 1.54) is 132 Å². The second-order valence-electron chi connectivity index (χ2n) is 33.0. The Bertz CT molecular complexity index is 3540. The van der Waals surface area contributed by atoms with Crippen molar-refractivity contribution in [3.8, 4) is 0 Å². The summed E-state index contributed by atoms with van der Waals surface area (Å²) in [7, 11) is -3.12. The first-order chi connectivity index (χ1) is 46.7. The van der Waals surface area contributed by atoms with Crippen LogP contribution in [0.5, 0.6) is 0 Å². The Balaban J connectivity index is 0.000000260. The Hall–Kier alpha value is -2.12. The average Bonchev–Trinajstić information content (AvgIpc) is 1.66. The molecule has 6 heterocycles. The second-order valence-corrected chi connectivity index (χ2v) is 52.7. The van der Waals surface area contributed by atoms with Crippen LogP contribution in [0.4, 0.5) is 0 Å². The zero-order chi connectivity index (χ0) is 74.4. The van der Waals surface area contributed by atoms with E-state index in [0.29, 0.717) is 20.2 Å². The van der Waals surface area contributed by atoms with E-state index in [0.717, 1.165) is 74.2 Å². The minimum atomic E-state index is -1.03. The SMILES string of the molecule is CB1OC(C)(C)C(C)(C)O1.CCCCCB1OC(C)(C)C(C)(C)O1.CCCCCc1ccc2c(C)nn(COCC[Si](C)(C)C)c2c1.CCCCCc1ccc2c(c1)CN=C2C.C[Si](C)(C)CCOCn1nc(I)c2ccc(Br)cc21.Cc1nn(COCC[Si](C)(C)C)c2cc(Br)ccc12.I. The van der Waals surface area contributed by atoms with Crippen LogP contribution in [-0.2, 0) is 72.4 Å². The maximum absolute atomic E-state index is 5.89. The number of hydrogen-bond acceptors (Lipinski definition) is 11. The van der Waals surface area contributed by atoms with E-state index >= 15 is 0 Å². The fraction of sp³-hybridized carbons (Fsp3) is 0.641. The van der Waals surface area contributed by atoms with Crippen LogP contribution < -0.4 is 0 Å². The van der Waals surface area contributed by atoms with Gasteiger partial charge in [-0.05, 0) is 215 Å². The highest BCUT2D eigenvalue weighted by Gasteiger charge is 2.51. The molecular formula is C78H129B2Br2I2N7O7Si3. The van der Waals surface area contributed by atoms with Gasteiger partial charge in [-0.25, -0.2) is 14.0 Å². The Kier molecular flexibility index (Phi) is 38.0. The molecule has 2 fully saturated rings. The Morgan fingerprint density at radius 1 is 0.495 bits per heavy atom. The average molecular weight is 1800 g/mol. The third kappa shape index (κ3) is 30.5. The Morgan fingerprint density at radius 3 is 1.30 bits per heavy atom. The van der Waals surface area contributed by atoms with Crippen LogP contribution >= 0.6 is 78.4 Å². The lowest BCUT2D eigenvalue weighted by molar-refractivity contribution is 0.00578. The van der Waals surface area contributed by atoms with Crippen molar-refractivity contribution in [1.82, 2.24) is 29.3 Å². The number of aliphatic imine (C=N–C) groups is 1. The van der Waals surface area contributed by atoms with Crippen molar-refractivity contribution in [2.75, 3.05) is 19.8 Å². The summed E-state index contributed by atoms with van der Waals surface area (Å²) in [6, 6.07) is 29.7. The normalized spacial score (nSPS) is 15.7. The molecule has 0 saturated carbocycles. The lowest BCUT2D eigenvalue weighted by Gasteiger charge is -2.32. The number of aromatic nitrogens is 6. The van der Waals surface area contributed by atoms with Gasteiger partial charge in [0.15, 0.2) is 0 Å². The monoisotopic (exact) mass is 1790 g/mol. The Labute approximate surface area is 662 Å². The van der Waals surface area contributed by atoms with E-state index in [4.69, 9.17) is 32.8 Å². The molecule has 0 aliphatic carbocycles. The van der Waals surface area contributed by atoms with Crippen LogP contribution in [0.25, 0.3) is 32.7 Å². The quantitative estimate of drug-likeness (QED) is 0.0279. The van der Waals surface area contributed by atoms with Crippen molar-refractivity contribution < 1.29 is 32.8 Å². The van der Waals surface area contributed by atoms with E-state index in [2.05, 4.69) is 284 Å². The van der Waals surface area contributed by atoms with Crippen LogP contribution in [0, 0.1) is 17.5 Å². The van der Waals surface area contributed by atoms with Crippen molar-refractivity contribution in [1.29, 1.82) is 0 Å². The number of hydrogen-bond donors (Lipinski definition) is 0. The van der Waals surface area contributed by atoms with Gasteiger partial charge in [-0.3, -0.25) is 4.99 Å². The van der Waals surface area contributed by atoms with Crippen LogP contribution in [0.2, 0.25) is 90.2 Å². The minimum Gasteiger partial charge on any atom is -0.403 e. The lowest BCUT2D eigenvalue weighted by Crippen LogP contribution is -2.41. The molecule has 0 bridgehead atoms. The molecule has 0 amide bonds. The molecule has 4 aromatic carbocycles. The molecule has 7 aromatic rings. The van der Waals surface area contributed by atoms with E-state index in [9.17, 15) is 0 Å². The number of unbranched alkanes of at least 4 members (excludes halogenated alkanes) is 6. The summed E-state index contributed by atoms with van der Waals surface area (Å²) in [4.78, 5) is 4.46. The molecule has 10 rings (SSSR count). The molecule has 14 nitrogen and oxygen atoms in total. The van der Waals surface area contributed by atoms with Crippen molar-refractivity contribution in [2.45, 2.75) is 307 Å². The zero-order valence-corrected chi connectivity index (χ0v) is 77.3. The molecule has 3 aliphatic heterocycles. The van der Waals surface area contributed by atoms with E-state index in [1.54, 1.807) is 0 Å². The molecule has 2 saturated heterocycles. The first kappa shape index (κ1) is 91.3. The molecule has 23 heteroatoms. The summed E-state index contributed by atoms with van der Waals surface area (Å²) in [5.74, 6) is 0. The van der Waals surface area contributed by atoms with Gasteiger partial charge >= 0.3 is 14.2 Å². The fourth-order valence-corrected chi connectivity index (χ4v) is 15.0. The summed E-state index contributed by atoms with van der Waals surface area (Å²) < 4.78 is 49.4. The van der Waals surface area contributed by atoms with Gasteiger partial charge in [-0.2, -0.15) is 15.3 Å². The number of rotatable bonds is 27. The molecule has 101 heavy (non-hydrogen) atoms. The van der Waals surface area contributed by atoms with Gasteiger partial charge in [0.25, 0.3) is 0 Å². The highest BCUT2D eigenvalue weighted by molar-refractivity contribution is 14.1. The lowest BCUT2D eigenvalue weighted by atomic mass is 9.82. The number of nitrogens with zero attached hydrogens (tertiary/aromatic N) is 7. The highest BCUT2D eigenvalue weighted by Crippen LogP contribution is 2.39. The molecule has 0 N–H and O–H groups in total. The largest absolute Gasteiger partial charge is 0.457 e. The van der Waals surface area contributed by atoms with Gasteiger partial charge in [0.2, 0.25) is 0 Å². The van der Waals surface area contributed by atoms with Gasteiger partial charge < -0.3 is 32.8 Å². The maximum atomic E-state index is 5.89. The second kappa shape index (κ2) is 42.0. The standard InChI is InChI=1S/C19H32N2OSi.C14H21BrN2OSi.C14H19N.C13H18BrIN2OSi.C11H23BO2.C7H15BO2.HI/c1-6-7-8-9-17-10-11-18-16(2)20-21(19(18)14-17)15-22-12-13-23(3,4)5;1-11-13-6-5-12(15)9-14(13)17(16-11)10-18-7-8-19(2,3)4;1-3-4-5-6-12-7-8-14-11(2)15-10-13(14)9-12;1-19(2,3)7-6-18-9-17-12-8-10(14)4-5-11(12)13(15)16-17;1-6-7-8-9-12-13-10(2,3)11(4,5)14-12;1-6(2)7(3,4)10-8(5)9-6;/h10-11,14H,6-9,12-13,15H2,1-5H3;5-6,9H,7-8,10H2,1-4H3;7-9H,3-6,10H2,1-2H3;4-5,8H,6-7,9H2,1-3H3;6-9H2,1-5H3;1-5H3;1H. The van der Waals surface area contributed by atoms with Crippen LogP contribution in [0.15, 0.2) is 86.7 Å². The van der Waals surface area contributed by atoms with Gasteiger partial charge in [-0.15, -0.1) is 24.0 Å². The molecule has 3 aliphatic rings. The van der Waals surface area contributed by atoms with Crippen LogP contribution in [0.1, 0.15) is 175 Å². The topological polar surface area (TPSA) is 130 Å². The molecule has 0 unspecified atom stereocenters. The first-order valence-corrected chi connectivity index (χ1v) is 51.0. The summed E-state index contributed by atoms with van der Waals surface area (Å²) in [5.41, 5.74) is 11.8. The van der Waals surface area contributed by atoms with E-state index in [1.807, 2.05) is 39.9 Å². The van der Waals surface area contributed by atoms with Crippen molar-refractivity contribution in [3.05, 3.63) is 119 Å². The van der Waals surface area contributed by atoms with Gasteiger partial charge in [0, 0.05) is 80.4 Å².